The Morgan fingerprint density at radius 1 is 1.40 bits per heavy atom. The molecule has 7 heteroatoms. The van der Waals surface area contributed by atoms with E-state index in [1.165, 1.54) is 6.34 Å². The molecular weight excluding hydrogens is 330 g/mol. The van der Waals surface area contributed by atoms with Crippen LogP contribution in [-0.2, 0) is 15.1 Å². The third kappa shape index (κ3) is 4.75. The summed E-state index contributed by atoms with van der Waals surface area (Å²) in [6, 6.07) is 8.18. The number of alkyl halides is 2. The Labute approximate surface area is 145 Å². The maximum absolute atomic E-state index is 13.6. The van der Waals surface area contributed by atoms with Crippen LogP contribution >= 0.6 is 0 Å². The number of esters is 1. The number of ether oxygens (including phenoxy) is 1. The first-order valence-corrected chi connectivity index (χ1v) is 8.43. The maximum Gasteiger partial charge on any atom is 0.343 e. The van der Waals surface area contributed by atoms with Crippen LogP contribution in [0.25, 0.3) is 0 Å². The van der Waals surface area contributed by atoms with Crippen LogP contribution in [0.2, 0.25) is 0 Å². The number of aliphatic hydroxyl groups is 1. The smallest absolute Gasteiger partial charge is 0.343 e. The monoisotopic (exact) mass is 354 g/mol. The molecule has 0 aliphatic heterocycles. The average molecular weight is 354 g/mol. The Bertz CT molecular complexity index is 595. The van der Waals surface area contributed by atoms with Crippen molar-refractivity contribution in [3.05, 3.63) is 35.9 Å². The molecule has 0 aromatic heterocycles. The summed E-state index contributed by atoms with van der Waals surface area (Å²) in [7, 11) is 0. The summed E-state index contributed by atoms with van der Waals surface area (Å²) < 4.78 is 32.5. The van der Waals surface area contributed by atoms with Gasteiger partial charge in [-0.2, -0.15) is 0 Å². The summed E-state index contributed by atoms with van der Waals surface area (Å²) >= 11 is 0. The number of halogens is 2. The summed E-state index contributed by atoms with van der Waals surface area (Å²) in [5.74, 6) is -4.61. The molecule has 0 radical (unpaired) electrons. The van der Waals surface area contributed by atoms with Crippen molar-refractivity contribution < 1.29 is 23.4 Å². The van der Waals surface area contributed by atoms with Crippen LogP contribution in [0, 0.1) is 5.92 Å². The molecule has 3 N–H and O–H groups in total. The molecule has 2 atom stereocenters. The van der Waals surface area contributed by atoms with Gasteiger partial charge < -0.3 is 15.6 Å². The minimum absolute atomic E-state index is 0.0682. The van der Waals surface area contributed by atoms with Gasteiger partial charge in [-0.25, -0.2) is 13.6 Å². The van der Waals surface area contributed by atoms with Gasteiger partial charge in [-0.15, -0.1) is 0 Å². The Kier molecular flexibility index (Phi) is 6.47. The second-order valence-electron chi connectivity index (χ2n) is 6.33. The molecule has 0 spiro atoms. The van der Waals surface area contributed by atoms with Gasteiger partial charge in [-0.1, -0.05) is 30.3 Å². The zero-order chi connectivity index (χ0) is 18.3. The number of hydrogen-bond acceptors (Lipinski definition) is 4. The molecule has 0 unspecified atom stereocenters. The van der Waals surface area contributed by atoms with E-state index >= 15 is 0 Å². The molecule has 2 rings (SSSR count). The van der Waals surface area contributed by atoms with Crippen molar-refractivity contribution in [3.63, 3.8) is 0 Å². The van der Waals surface area contributed by atoms with Gasteiger partial charge in [0.25, 0.3) is 0 Å². The van der Waals surface area contributed by atoms with E-state index in [0.717, 1.165) is 0 Å². The van der Waals surface area contributed by atoms with E-state index < -0.39 is 29.8 Å². The predicted octanol–water partition coefficient (Wildman–Crippen LogP) is 2.62. The third-order valence-corrected chi connectivity index (χ3v) is 4.54. The van der Waals surface area contributed by atoms with Gasteiger partial charge in [0, 0.05) is 25.3 Å². The lowest BCUT2D eigenvalue weighted by atomic mass is 9.80. The van der Waals surface area contributed by atoms with Crippen LogP contribution in [-0.4, -0.2) is 36.5 Å². The topological polar surface area (TPSA) is 84.9 Å². The minimum Gasteiger partial charge on any atom is -0.463 e. The second kappa shape index (κ2) is 8.38. The summed E-state index contributed by atoms with van der Waals surface area (Å²) in [4.78, 5) is 16.4. The highest BCUT2D eigenvalue weighted by atomic mass is 19.3. The molecule has 1 fully saturated rings. The molecular formula is C18H24F2N2O3. The van der Waals surface area contributed by atoms with Gasteiger partial charge in [0.15, 0.2) is 5.60 Å². The number of nitrogens with two attached hydrogens (primary N) is 1. The van der Waals surface area contributed by atoms with Crippen molar-refractivity contribution in [1.82, 2.24) is 0 Å². The lowest BCUT2D eigenvalue weighted by Gasteiger charge is -2.32. The fourth-order valence-corrected chi connectivity index (χ4v) is 3.17. The molecule has 1 aromatic carbocycles. The number of hydrogen-bond donors (Lipinski definition) is 2. The number of carbonyl (C=O) groups is 1. The molecule has 0 amide bonds. The zero-order valence-electron chi connectivity index (χ0n) is 14.0. The van der Waals surface area contributed by atoms with Gasteiger partial charge in [-0.3, -0.25) is 4.99 Å². The summed E-state index contributed by atoms with van der Waals surface area (Å²) in [5, 5.41) is 11.1. The van der Waals surface area contributed by atoms with Crippen molar-refractivity contribution in [3.8, 4) is 0 Å². The van der Waals surface area contributed by atoms with Crippen molar-refractivity contribution >= 4 is 12.3 Å². The van der Waals surface area contributed by atoms with E-state index in [0.29, 0.717) is 19.4 Å². The minimum atomic E-state index is -2.87. The Hall–Kier alpha value is -2.02. The first-order valence-electron chi connectivity index (χ1n) is 8.43. The van der Waals surface area contributed by atoms with E-state index in [1.807, 2.05) is 0 Å². The van der Waals surface area contributed by atoms with E-state index in [-0.39, 0.29) is 25.0 Å². The predicted molar refractivity (Wildman–Crippen MR) is 90.4 cm³/mol. The number of benzene rings is 1. The summed E-state index contributed by atoms with van der Waals surface area (Å²) in [6.45, 7) is 0.614. The third-order valence-electron chi connectivity index (χ3n) is 4.54. The highest BCUT2D eigenvalue weighted by Gasteiger charge is 2.54. The van der Waals surface area contributed by atoms with Crippen molar-refractivity contribution in [1.29, 1.82) is 0 Å². The van der Waals surface area contributed by atoms with Crippen molar-refractivity contribution in [2.24, 2.45) is 16.6 Å². The van der Waals surface area contributed by atoms with Gasteiger partial charge >= 0.3 is 5.97 Å². The number of rotatable bonds is 8. The van der Waals surface area contributed by atoms with E-state index in [2.05, 4.69) is 4.99 Å². The van der Waals surface area contributed by atoms with E-state index in [4.69, 9.17) is 10.5 Å². The summed E-state index contributed by atoms with van der Waals surface area (Å²) in [6.07, 6.45) is 1.63. The van der Waals surface area contributed by atoms with Gasteiger partial charge in [-0.05, 0) is 24.8 Å². The van der Waals surface area contributed by atoms with Crippen molar-refractivity contribution in [2.45, 2.75) is 43.6 Å². The van der Waals surface area contributed by atoms with E-state index in [1.54, 1.807) is 30.3 Å². The highest BCUT2D eigenvalue weighted by Crippen LogP contribution is 2.47. The van der Waals surface area contributed by atoms with Gasteiger partial charge in [0.2, 0.25) is 5.92 Å². The lowest BCUT2D eigenvalue weighted by molar-refractivity contribution is -0.175. The second-order valence-corrected chi connectivity index (χ2v) is 6.33. The number of carbonyl (C=O) groups excluding carboxylic acids is 1. The molecule has 1 aliphatic carbocycles. The molecule has 138 valence electrons. The standard InChI is InChI=1S/C18H24F2N2O3/c19-17(20)9-8-15(12-17)18(24,14-6-2-1-3-7-14)16(23)25-11-5-4-10-22-13-21/h1-3,6-7,13,15,24H,4-5,8-12H2,(H2,21,22)/t15-,18+/m1/s1. The molecule has 0 saturated heterocycles. The fraction of sp³-hybridized carbons (Fsp3) is 0.556. The first-order chi connectivity index (χ1) is 11.9. The average Bonchev–Trinajstić information content (AvgIpc) is 2.98. The lowest BCUT2D eigenvalue weighted by Crippen LogP contribution is -2.44. The Balaban J connectivity index is 2.08. The molecule has 0 bridgehead atoms. The van der Waals surface area contributed by atoms with Gasteiger partial charge in [0.05, 0.1) is 12.9 Å². The Morgan fingerprint density at radius 3 is 2.72 bits per heavy atom. The summed E-state index contributed by atoms with van der Waals surface area (Å²) in [5.41, 5.74) is 3.36. The highest BCUT2D eigenvalue weighted by molar-refractivity contribution is 5.81. The van der Waals surface area contributed by atoms with Crippen molar-refractivity contribution in [2.75, 3.05) is 13.2 Å². The number of unbranched alkanes of at least 4 members (excludes halogenated alkanes) is 1. The van der Waals surface area contributed by atoms with Crippen LogP contribution in [0.15, 0.2) is 35.3 Å². The van der Waals surface area contributed by atoms with Crippen LogP contribution in [0.1, 0.15) is 37.7 Å². The quantitative estimate of drug-likeness (QED) is 0.325. The number of aliphatic imine (C=N–C) groups is 1. The van der Waals surface area contributed by atoms with Crippen LogP contribution < -0.4 is 5.73 Å². The van der Waals surface area contributed by atoms with Crippen LogP contribution in [0.3, 0.4) is 0 Å². The molecule has 1 saturated carbocycles. The largest absolute Gasteiger partial charge is 0.463 e. The van der Waals surface area contributed by atoms with Gasteiger partial charge in [0.1, 0.15) is 0 Å². The SMILES string of the molecule is NC=NCCCCOC(=O)[C@](O)(c1ccccc1)[C@@H]1CCC(F)(F)C1. The molecule has 1 aromatic rings. The molecule has 5 nitrogen and oxygen atoms in total. The normalized spacial score (nSPS) is 22.0. The fourth-order valence-electron chi connectivity index (χ4n) is 3.17. The first kappa shape index (κ1) is 19.3. The van der Waals surface area contributed by atoms with E-state index in [9.17, 15) is 18.7 Å². The zero-order valence-corrected chi connectivity index (χ0v) is 14.0. The van der Waals surface area contributed by atoms with Crippen LogP contribution in [0.4, 0.5) is 8.78 Å². The number of nitrogens with zero attached hydrogens (tertiary/aromatic N) is 1. The van der Waals surface area contributed by atoms with Crippen LogP contribution in [0.5, 0.6) is 0 Å². The molecule has 0 heterocycles. The maximum atomic E-state index is 13.6. The molecule has 25 heavy (non-hydrogen) atoms. The molecule has 1 aliphatic rings. The Morgan fingerprint density at radius 2 is 2.12 bits per heavy atom.